The molecule has 6 nitrogen and oxygen atoms in total. The second-order valence-electron chi connectivity index (χ2n) is 7.67. The number of nitrogens with zero attached hydrogens (tertiary/aromatic N) is 5. The van der Waals surface area contributed by atoms with E-state index in [4.69, 9.17) is 0 Å². The van der Waals surface area contributed by atoms with E-state index in [0.717, 1.165) is 46.7 Å². The lowest BCUT2D eigenvalue weighted by Crippen LogP contribution is -2.33. The molecule has 4 heterocycles. The Bertz CT molecular complexity index is 1350. The van der Waals surface area contributed by atoms with Crippen molar-refractivity contribution in [2.45, 2.75) is 26.8 Å². The third-order valence-electron chi connectivity index (χ3n) is 5.44. The lowest BCUT2D eigenvalue weighted by Gasteiger charge is -2.30. The number of anilines is 1. The van der Waals surface area contributed by atoms with Crippen molar-refractivity contribution in [1.29, 1.82) is 0 Å². The van der Waals surface area contributed by atoms with Crippen LogP contribution in [0.1, 0.15) is 22.5 Å². The summed E-state index contributed by atoms with van der Waals surface area (Å²) in [6.07, 6.45) is 2.58. The van der Waals surface area contributed by atoms with Gasteiger partial charge in [0.25, 0.3) is 5.56 Å². The van der Waals surface area contributed by atoms with Crippen LogP contribution in [0.5, 0.6) is 0 Å². The average Bonchev–Trinajstić information content (AvgIpc) is 2.72. The van der Waals surface area contributed by atoms with Gasteiger partial charge in [-0.15, -0.1) is 5.10 Å². The zero-order valence-electron chi connectivity index (χ0n) is 16.8. The molecule has 0 N–H and O–H groups in total. The van der Waals surface area contributed by atoms with Crippen molar-refractivity contribution < 1.29 is 4.39 Å². The van der Waals surface area contributed by atoms with Crippen LogP contribution in [-0.2, 0) is 13.0 Å². The minimum Gasteiger partial charge on any atom is -0.350 e. The van der Waals surface area contributed by atoms with E-state index in [0.29, 0.717) is 17.9 Å². The Morgan fingerprint density at radius 3 is 2.77 bits per heavy atom. The monoisotopic (exact) mass is 401 g/mol. The highest BCUT2D eigenvalue weighted by atomic mass is 19.1. The van der Waals surface area contributed by atoms with Crippen molar-refractivity contribution in [3.05, 3.63) is 87.3 Å². The van der Waals surface area contributed by atoms with Gasteiger partial charge in [0.15, 0.2) is 11.5 Å². The van der Waals surface area contributed by atoms with Gasteiger partial charge in [0.2, 0.25) is 0 Å². The number of halogens is 1. The molecule has 1 aliphatic rings. The van der Waals surface area contributed by atoms with E-state index in [-0.39, 0.29) is 11.4 Å². The van der Waals surface area contributed by atoms with Crippen LogP contribution in [0, 0.1) is 19.7 Å². The Kier molecular flexibility index (Phi) is 4.31. The Labute approximate surface area is 172 Å². The van der Waals surface area contributed by atoms with Gasteiger partial charge in [0.05, 0.1) is 0 Å². The van der Waals surface area contributed by atoms with E-state index in [1.807, 2.05) is 19.1 Å². The van der Waals surface area contributed by atoms with Crippen molar-refractivity contribution in [3.63, 3.8) is 0 Å². The molecule has 3 aromatic heterocycles. The summed E-state index contributed by atoms with van der Waals surface area (Å²) in [6, 6.07) is 12.0. The minimum atomic E-state index is -0.267. The molecule has 30 heavy (non-hydrogen) atoms. The summed E-state index contributed by atoms with van der Waals surface area (Å²) in [5, 5.41) is 4.60. The summed E-state index contributed by atoms with van der Waals surface area (Å²) in [4.78, 5) is 23.6. The molecule has 0 spiro atoms. The van der Waals surface area contributed by atoms with Crippen LogP contribution < -0.4 is 10.5 Å². The highest BCUT2D eigenvalue weighted by Crippen LogP contribution is 2.28. The third-order valence-corrected chi connectivity index (χ3v) is 5.44. The molecule has 0 aliphatic carbocycles. The van der Waals surface area contributed by atoms with Crippen LogP contribution in [0.4, 0.5) is 10.2 Å². The highest BCUT2D eigenvalue weighted by molar-refractivity contribution is 5.64. The van der Waals surface area contributed by atoms with Crippen LogP contribution in [0.25, 0.3) is 16.8 Å². The number of pyridine rings is 1. The summed E-state index contributed by atoms with van der Waals surface area (Å²) in [5.41, 5.74) is 5.81. The van der Waals surface area contributed by atoms with E-state index < -0.39 is 0 Å². The first kappa shape index (κ1) is 18.4. The molecule has 0 fully saturated rings. The van der Waals surface area contributed by atoms with Gasteiger partial charge in [0.1, 0.15) is 5.82 Å². The summed E-state index contributed by atoms with van der Waals surface area (Å²) >= 11 is 0. The fourth-order valence-corrected chi connectivity index (χ4v) is 3.98. The van der Waals surface area contributed by atoms with Crippen LogP contribution in [0.15, 0.2) is 53.5 Å². The summed E-state index contributed by atoms with van der Waals surface area (Å²) < 4.78 is 15.0. The number of rotatable bonds is 2. The Morgan fingerprint density at radius 1 is 1.07 bits per heavy atom. The second-order valence-corrected chi connectivity index (χ2v) is 7.67. The van der Waals surface area contributed by atoms with E-state index in [9.17, 15) is 9.18 Å². The van der Waals surface area contributed by atoms with Crippen molar-refractivity contribution >= 4 is 11.5 Å². The molecule has 0 unspecified atom stereocenters. The predicted octanol–water partition coefficient (Wildman–Crippen LogP) is 3.47. The fourth-order valence-electron chi connectivity index (χ4n) is 3.98. The number of aromatic nitrogens is 4. The van der Waals surface area contributed by atoms with Crippen molar-refractivity contribution in [2.75, 3.05) is 11.4 Å². The smallest absolute Gasteiger partial charge is 0.274 e. The Balaban J connectivity index is 1.53. The molecule has 1 aliphatic heterocycles. The largest absolute Gasteiger partial charge is 0.350 e. The highest BCUT2D eigenvalue weighted by Gasteiger charge is 2.21. The van der Waals surface area contributed by atoms with Crippen LogP contribution in [0.2, 0.25) is 0 Å². The zero-order chi connectivity index (χ0) is 20.8. The van der Waals surface area contributed by atoms with Gasteiger partial charge in [-0.3, -0.25) is 9.78 Å². The van der Waals surface area contributed by atoms with Crippen molar-refractivity contribution in [3.8, 4) is 11.1 Å². The Morgan fingerprint density at radius 2 is 1.93 bits per heavy atom. The fraction of sp³-hybridized carbons (Fsp3) is 0.217. The molecule has 0 radical (unpaired) electrons. The maximum atomic E-state index is 13.6. The summed E-state index contributed by atoms with van der Waals surface area (Å²) in [6.45, 7) is 5.16. The molecule has 4 aromatic rings. The van der Waals surface area contributed by atoms with Crippen LogP contribution in [0.3, 0.4) is 0 Å². The molecular formula is C23H20FN5O. The number of hydrogen-bond acceptors (Lipinski definition) is 5. The van der Waals surface area contributed by atoms with Gasteiger partial charge in [-0.1, -0.05) is 12.1 Å². The maximum Gasteiger partial charge on any atom is 0.274 e. The van der Waals surface area contributed by atoms with E-state index in [1.165, 1.54) is 22.7 Å². The summed E-state index contributed by atoms with van der Waals surface area (Å²) in [5.74, 6) is 0.495. The Hall–Kier alpha value is -3.61. The van der Waals surface area contributed by atoms with Gasteiger partial charge in [-0.25, -0.2) is 9.37 Å². The third kappa shape index (κ3) is 3.22. The normalized spacial score (nSPS) is 13.5. The summed E-state index contributed by atoms with van der Waals surface area (Å²) in [7, 11) is 0. The molecule has 1 aromatic carbocycles. The van der Waals surface area contributed by atoms with Crippen LogP contribution >= 0.6 is 0 Å². The van der Waals surface area contributed by atoms with Gasteiger partial charge in [-0.05, 0) is 54.8 Å². The molecule has 0 saturated heterocycles. The van der Waals surface area contributed by atoms with E-state index in [1.54, 1.807) is 19.2 Å². The minimum absolute atomic E-state index is 0.189. The predicted molar refractivity (Wildman–Crippen MR) is 113 cm³/mol. The van der Waals surface area contributed by atoms with Gasteiger partial charge in [0, 0.05) is 48.7 Å². The van der Waals surface area contributed by atoms with Gasteiger partial charge in [-0.2, -0.15) is 4.52 Å². The standard InChI is InChI=1S/C23H20FN5O/c1-14-8-21-26-15(2)9-22(30)29(21)27-23(14)28-7-6-20-18(13-28)10-17(12-25-20)16-4-3-5-19(24)11-16/h3-5,8-12H,6-7,13H2,1-2H3. The average molecular weight is 401 g/mol. The number of fused-ring (bicyclic) bond motifs is 2. The van der Waals surface area contributed by atoms with Crippen LogP contribution in [-0.4, -0.2) is 26.1 Å². The lowest BCUT2D eigenvalue weighted by atomic mass is 10.00. The quantitative estimate of drug-likeness (QED) is 0.515. The lowest BCUT2D eigenvalue weighted by molar-refractivity contribution is 0.628. The van der Waals surface area contributed by atoms with E-state index >= 15 is 0 Å². The van der Waals surface area contributed by atoms with Gasteiger partial charge >= 0.3 is 0 Å². The molecular weight excluding hydrogens is 381 g/mol. The molecule has 0 atom stereocenters. The van der Waals surface area contributed by atoms with Crippen molar-refractivity contribution in [2.24, 2.45) is 0 Å². The van der Waals surface area contributed by atoms with Gasteiger partial charge < -0.3 is 4.90 Å². The first-order chi connectivity index (χ1) is 14.5. The van der Waals surface area contributed by atoms with E-state index in [2.05, 4.69) is 26.0 Å². The number of aryl methyl sites for hydroxylation is 2. The number of hydrogen-bond donors (Lipinski definition) is 0. The molecule has 150 valence electrons. The zero-order valence-corrected chi connectivity index (χ0v) is 16.8. The van der Waals surface area contributed by atoms with Crippen molar-refractivity contribution in [1.82, 2.24) is 19.6 Å². The molecule has 0 amide bonds. The first-order valence-corrected chi connectivity index (χ1v) is 9.85. The molecule has 7 heteroatoms. The molecule has 0 bridgehead atoms. The first-order valence-electron chi connectivity index (χ1n) is 9.85. The molecule has 5 rings (SSSR count). The second kappa shape index (κ2) is 7.02. The molecule has 0 saturated carbocycles. The topological polar surface area (TPSA) is 63.4 Å². The number of benzene rings is 1. The maximum absolute atomic E-state index is 13.6. The SMILES string of the molecule is Cc1cc(=O)n2nc(N3CCc4ncc(-c5cccc(F)c5)cc4C3)c(C)cc2n1.